The molecule has 0 amide bonds. The quantitative estimate of drug-likeness (QED) is 0.161. The van der Waals surface area contributed by atoms with Crippen molar-refractivity contribution in [2.45, 2.75) is 38.6 Å². The number of para-hydroxylation sites is 3. The van der Waals surface area contributed by atoms with Crippen LogP contribution in [0, 0.1) is 17.6 Å². The molecule has 0 bridgehead atoms. The standard InChI is InChI=1S/C55H42BF2N3/c1-35-27-30-44-51(33-35)60(48-25-12-9-20-40(48)39-19-8-11-23-46(39)57)50-32-29-42-41-22-14-24-47(58)53(41)43-21-10-13-26-49(43)61-52-34-38(28-31-45(52)56(44)54(50)55(42)61)59(36-15-4-2-5-16-36)37-17-6-3-7-18-37/h2-6,8-17,19-26,28-32,34-35,51H,7,18,27,33H2,1H3. The Morgan fingerprint density at radius 3 is 2.18 bits per heavy atom. The van der Waals surface area contributed by atoms with Gasteiger partial charge in [-0.05, 0) is 109 Å². The summed E-state index contributed by atoms with van der Waals surface area (Å²) in [5.74, 6) is -0.0194. The Morgan fingerprint density at radius 1 is 0.623 bits per heavy atom. The Hall–Kier alpha value is -6.92. The predicted molar refractivity (Wildman–Crippen MR) is 250 cm³/mol. The van der Waals surface area contributed by atoms with Gasteiger partial charge in [0.15, 0.2) is 0 Å². The zero-order chi connectivity index (χ0) is 40.8. The Kier molecular flexibility index (Phi) is 8.31. The molecular weight excluding hydrogens is 751 g/mol. The van der Waals surface area contributed by atoms with E-state index in [1.54, 1.807) is 18.2 Å². The van der Waals surface area contributed by atoms with E-state index in [2.05, 4.69) is 149 Å². The number of benzene rings is 7. The van der Waals surface area contributed by atoms with Crippen molar-refractivity contribution in [3.05, 3.63) is 199 Å². The van der Waals surface area contributed by atoms with E-state index in [1.165, 1.54) is 22.1 Å². The molecule has 2 atom stereocenters. The molecule has 7 aromatic carbocycles. The molecule has 0 fully saturated rings. The van der Waals surface area contributed by atoms with Gasteiger partial charge in [0.1, 0.15) is 11.6 Å². The van der Waals surface area contributed by atoms with Crippen LogP contribution in [-0.2, 0) is 0 Å². The van der Waals surface area contributed by atoms with Crippen molar-refractivity contribution in [2.24, 2.45) is 5.92 Å². The lowest BCUT2D eigenvalue weighted by Crippen LogP contribution is -2.61. The molecule has 6 heteroatoms. The fourth-order valence-corrected chi connectivity index (χ4v) is 11.0. The Balaban J connectivity index is 1.18. The zero-order valence-electron chi connectivity index (χ0n) is 33.9. The van der Waals surface area contributed by atoms with E-state index in [9.17, 15) is 0 Å². The largest absolute Gasteiger partial charge is 0.335 e. The van der Waals surface area contributed by atoms with Gasteiger partial charge in [-0.2, -0.15) is 0 Å². The SMILES string of the molecule is CC1CC=C2B3c4ccc(N(C5=CC=CCC5)c5ccccc5)cc4N4c5ccccc5-c5c(F)cccc5-c5ccc(c3c54)N(c3ccccc3-c3ccccc3F)C2C1. The number of nitrogens with zero attached hydrogens (tertiary/aromatic N) is 3. The lowest BCUT2D eigenvalue weighted by molar-refractivity contribution is 0.475. The Bertz CT molecular complexity index is 3020. The smallest absolute Gasteiger partial charge is 0.247 e. The molecule has 2 unspecified atom stereocenters. The molecule has 2 aliphatic carbocycles. The molecular formula is C55H42BF2N3. The van der Waals surface area contributed by atoms with Crippen molar-refractivity contribution in [3.8, 4) is 33.4 Å². The molecule has 12 rings (SSSR count). The summed E-state index contributed by atoms with van der Waals surface area (Å²) in [7, 11) is 0. The Labute approximate surface area is 356 Å². The van der Waals surface area contributed by atoms with E-state index >= 15 is 8.78 Å². The molecule has 3 heterocycles. The first-order valence-corrected chi connectivity index (χ1v) is 21.6. The minimum absolute atomic E-state index is 0.0362. The van der Waals surface area contributed by atoms with Gasteiger partial charge in [-0.3, -0.25) is 0 Å². The van der Waals surface area contributed by atoms with Gasteiger partial charge in [-0.15, -0.1) is 0 Å². The lowest BCUT2D eigenvalue weighted by atomic mass is 9.31. The Morgan fingerprint density at radius 2 is 1.36 bits per heavy atom. The van der Waals surface area contributed by atoms with Crippen LogP contribution in [0.1, 0.15) is 32.6 Å². The van der Waals surface area contributed by atoms with Gasteiger partial charge >= 0.3 is 0 Å². The highest BCUT2D eigenvalue weighted by Gasteiger charge is 2.50. The van der Waals surface area contributed by atoms with Gasteiger partial charge in [-0.1, -0.05) is 128 Å². The van der Waals surface area contributed by atoms with Crippen LogP contribution < -0.4 is 25.6 Å². The van der Waals surface area contributed by atoms with Crippen LogP contribution in [0.2, 0.25) is 0 Å². The van der Waals surface area contributed by atoms with Crippen molar-refractivity contribution in [1.82, 2.24) is 0 Å². The zero-order valence-corrected chi connectivity index (χ0v) is 33.9. The molecule has 3 nitrogen and oxygen atoms in total. The van der Waals surface area contributed by atoms with Gasteiger partial charge in [0.25, 0.3) is 0 Å². The van der Waals surface area contributed by atoms with Crippen LogP contribution in [0.3, 0.4) is 0 Å². The first-order valence-electron chi connectivity index (χ1n) is 21.6. The molecule has 3 aliphatic heterocycles. The fourth-order valence-electron chi connectivity index (χ4n) is 11.0. The second-order valence-corrected chi connectivity index (χ2v) is 17.0. The third-order valence-corrected chi connectivity index (χ3v) is 13.5. The van der Waals surface area contributed by atoms with Gasteiger partial charge < -0.3 is 14.7 Å². The second-order valence-electron chi connectivity index (χ2n) is 17.0. The van der Waals surface area contributed by atoms with E-state index in [0.29, 0.717) is 17.0 Å². The number of hydrogen-bond donors (Lipinski definition) is 0. The fraction of sp³-hybridized carbons (Fsp3) is 0.127. The predicted octanol–water partition coefficient (Wildman–Crippen LogP) is 13.5. The molecule has 0 radical (unpaired) electrons. The molecule has 5 aliphatic rings. The van der Waals surface area contributed by atoms with Crippen LogP contribution >= 0.6 is 0 Å². The highest BCUT2D eigenvalue weighted by atomic mass is 19.1. The van der Waals surface area contributed by atoms with Crippen LogP contribution in [0.25, 0.3) is 33.4 Å². The monoisotopic (exact) mass is 793 g/mol. The summed E-state index contributed by atoms with van der Waals surface area (Å²) < 4.78 is 32.4. The summed E-state index contributed by atoms with van der Waals surface area (Å²) in [6.45, 7) is 2.29. The van der Waals surface area contributed by atoms with Gasteiger partial charge in [0.2, 0.25) is 6.71 Å². The summed E-state index contributed by atoms with van der Waals surface area (Å²) in [4.78, 5) is 7.35. The van der Waals surface area contributed by atoms with Crippen LogP contribution in [-0.4, -0.2) is 12.8 Å². The van der Waals surface area contributed by atoms with Crippen LogP contribution in [0.5, 0.6) is 0 Å². The van der Waals surface area contributed by atoms with Gasteiger partial charge in [-0.25, -0.2) is 8.78 Å². The molecule has 0 spiro atoms. The summed E-state index contributed by atoms with van der Waals surface area (Å²) in [5, 5.41) is 0. The van der Waals surface area contributed by atoms with Crippen LogP contribution in [0.4, 0.5) is 48.6 Å². The molecule has 0 aromatic heterocycles. The number of rotatable bonds is 5. The number of halogens is 2. The molecule has 0 N–H and O–H groups in total. The first-order chi connectivity index (χ1) is 30.0. The maximum atomic E-state index is 16.6. The number of allylic oxidation sites excluding steroid dienone is 5. The number of anilines is 7. The van der Waals surface area contributed by atoms with E-state index < -0.39 is 0 Å². The molecule has 0 saturated heterocycles. The van der Waals surface area contributed by atoms with Crippen LogP contribution in [0.15, 0.2) is 187 Å². The lowest BCUT2D eigenvalue weighted by Gasteiger charge is -2.51. The maximum Gasteiger partial charge on any atom is 0.247 e. The highest BCUT2D eigenvalue weighted by Crippen LogP contribution is 2.56. The van der Waals surface area contributed by atoms with Gasteiger partial charge in [0, 0.05) is 68.0 Å². The highest BCUT2D eigenvalue weighted by molar-refractivity contribution is 6.95. The van der Waals surface area contributed by atoms with E-state index in [0.717, 1.165) is 87.7 Å². The first kappa shape index (κ1) is 36.0. The van der Waals surface area contributed by atoms with E-state index in [-0.39, 0.29) is 24.4 Å². The minimum atomic E-state index is -0.239. The van der Waals surface area contributed by atoms with Gasteiger partial charge in [0.05, 0.1) is 11.4 Å². The summed E-state index contributed by atoms with van der Waals surface area (Å²) in [6.07, 6.45) is 13.0. The average molecular weight is 794 g/mol. The average Bonchev–Trinajstić information content (AvgIpc) is 3.43. The molecule has 0 saturated carbocycles. The maximum absolute atomic E-state index is 16.6. The number of hydrogen-bond acceptors (Lipinski definition) is 3. The van der Waals surface area contributed by atoms with Crippen molar-refractivity contribution in [2.75, 3.05) is 14.7 Å². The molecule has 61 heavy (non-hydrogen) atoms. The summed E-state index contributed by atoms with van der Waals surface area (Å²) >= 11 is 0. The van der Waals surface area contributed by atoms with Crippen molar-refractivity contribution < 1.29 is 8.78 Å². The van der Waals surface area contributed by atoms with Crippen molar-refractivity contribution in [1.29, 1.82) is 0 Å². The minimum Gasteiger partial charge on any atom is -0.335 e. The van der Waals surface area contributed by atoms with E-state index in [1.807, 2.05) is 30.3 Å². The summed E-state index contributed by atoms with van der Waals surface area (Å²) in [5.41, 5.74) is 17.2. The normalized spacial score (nSPS) is 17.9. The van der Waals surface area contributed by atoms with Crippen molar-refractivity contribution >= 4 is 57.5 Å². The third-order valence-electron chi connectivity index (χ3n) is 13.5. The van der Waals surface area contributed by atoms with E-state index in [4.69, 9.17) is 0 Å². The second kappa shape index (κ2) is 14.1. The molecule has 7 aromatic rings. The number of fused-ring (bicyclic) bond motifs is 10. The van der Waals surface area contributed by atoms with Crippen molar-refractivity contribution in [3.63, 3.8) is 0 Å². The topological polar surface area (TPSA) is 9.72 Å². The molecule has 294 valence electrons. The summed E-state index contributed by atoms with van der Waals surface area (Å²) in [6, 6.07) is 51.4. The third kappa shape index (κ3) is 5.47.